The van der Waals surface area contributed by atoms with Crippen molar-refractivity contribution >= 4 is 28.8 Å². The Labute approximate surface area is 175 Å². The Hall–Kier alpha value is -4.57. The van der Waals surface area contributed by atoms with E-state index in [1.54, 1.807) is 0 Å². The van der Waals surface area contributed by atoms with Crippen molar-refractivity contribution in [3.8, 4) is 29.4 Å². The van der Waals surface area contributed by atoms with Gasteiger partial charge in [-0.05, 0) is 24.1 Å². The number of nitrogens with zero attached hydrogens (tertiary/aromatic N) is 1. The van der Waals surface area contributed by atoms with Gasteiger partial charge in [0.1, 0.15) is 12.3 Å². The van der Waals surface area contributed by atoms with Gasteiger partial charge in [0.25, 0.3) is 0 Å². The summed E-state index contributed by atoms with van der Waals surface area (Å²) in [5.74, 6) is 5.86. The van der Waals surface area contributed by atoms with Crippen molar-refractivity contribution in [1.29, 1.82) is 0 Å². The molecule has 0 fully saturated rings. The van der Waals surface area contributed by atoms with Gasteiger partial charge in [-0.3, -0.25) is 9.59 Å². The number of methoxy groups -OCH3 is 2. The van der Waals surface area contributed by atoms with Gasteiger partial charge in [0, 0.05) is 23.3 Å². The van der Waals surface area contributed by atoms with Crippen LogP contribution in [0.15, 0.2) is 33.9 Å². The molecular formula is C21H15NO9. The number of aromatic nitrogens is 1. The topological polar surface area (TPSA) is 138 Å². The predicted molar refractivity (Wildman–Crippen MR) is 107 cm³/mol. The minimum Gasteiger partial charge on any atom is -0.477 e. The first-order valence-corrected chi connectivity index (χ1v) is 8.50. The number of carbonyl (C=O) groups is 3. The molecule has 0 saturated carbocycles. The number of pyridine rings is 1. The van der Waals surface area contributed by atoms with Crippen LogP contribution < -0.4 is 15.6 Å². The van der Waals surface area contributed by atoms with Crippen LogP contribution in [0.25, 0.3) is 10.9 Å². The lowest BCUT2D eigenvalue weighted by Crippen LogP contribution is -2.17. The zero-order valence-electron chi connectivity index (χ0n) is 16.4. The highest BCUT2D eigenvalue weighted by Gasteiger charge is 2.15. The van der Waals surface area contributed by atoms with E-state index in [1.807, 2.05) is 0 Å². The van der Waals surface area contributed by atoms with Crippen molar-refractivity contribution in [2.24, 2.45) is 0 Å². The molecule has 0 saturated heterocycles. The van der Waals surface area contributed by atoms with E-state index in [0.29, 0.717) is 0 Å². The van der Waals surface area contributed by atoms with Crippen molar-refractivity contribution in [2.45, 2.75) is 6.54 Å². The van der Waals surface area contributed by atoms with E-state index in [0.717, 1.165) is 37.0 Å². The Kier molecular flexibility index (Phi) is 7.53. The van der Waals surface area contributed by atoms with Gasteiger partial charge >= 0.3 is 17.9 Å². The maximum atomic E-state index is 12.5. The number of esters is 2. The van der Waals surface area contributed by atoms with Crippen LogP contribution in [-0.2, 0) is 25.6 Å². The molecule has 2 aromatic rings. The minimum atomic E-state index is -1.40. The zero-order valence-corrected chi connectivity index (χ0v) is 16.4. The highest BCUT2D eigenvalue weighted by molar-refractivity contribution is 5.91. The summed E-state index contributed by atoms with van der Waals surface area (Å²) in [6.45, 7) is -0.603. The number of ether oxygens (including phenoxy) is 3. The quantitative estimate of drug-likeness (QED) is 0.401. The Bertz CT molecular complexity index is 1300. The van der Waals surface area contributed by atoms with Crippen molar-refractivity contribution in [1.82, 2.24) is 4.57 Å². The summed E-state index contributed by atoms with van der Waals surface area (Å²) in [5.41, 5.74) is -1.59. The highest BCUT2D eigenvalue weighted by Crippen LogP contribution is 2.15. The average molecular weight is 425 g/mol. The maximum absolute atomic E-state index is 12.5. The first-order chi connectivity index (χ1) is 14.8. The summed E-state index contributed by atoms with van der Waals surface area (Å²) in [4.78, 5) is 58.6. The summed E-state index contributed by atoms with van der Waals surface area (Å²) in [6, 6.07) is 4.35. The predicted octanol–water partition coefficient (Wildman–Crippen LogP) is -0.209. The molecule has 0 unspecified atom stereocenters. The second-order valence-electron chi connectivity index (χ2n) is 5.67. The van der Waals surface area contributed by atoms with E-state index in [1.165, 1.54) is 6.07 Å². The largest absolute Gasteiger partial charge is 0.477 e. The van der Waals surface area contributed by atoms with Gasteiger partial charge in [-0.1, -0.05) is 5.92 Å². The maximum Gasteiger partial charge on any atom is 0.384 e. The molecule has 0 aliphatic carbocycles. The molecule has 31 heavy (non-hydrogen) atoms. The molecule has 10 nitrogen and oxygen atoms in total. The van der Waals surface area contributed by atoms with Gasteiger partial charge in [0.15, 0.2) is 11.2 Å². The molecule has 0 aliphatic rings. The van der Waals surface area contributed by atoms with Gasteiger partial charge in [-0.2, -0.15) is 0 Å². The summed E-state index contributed by atoms with van der Waals surface area (Å²) < 4.78 is 15.2. The van der Waals surface area contributed by atoms with Gasteiger partial charge in [0.05, 0.1) is 26.3 Å². The van der Waals surface area contributed by atoms with Crippen molar-refractivity contribution in [3.05, 3.63) is 50.4 Å². The van der Waals surface area contributed by atoms with Crippen molar-refractivity contribution in [3.63, 3.8) is 0 Å². The SMILES string of the molecule is COC(=O)C#CCOc1cc2c(=O)cc(C(=O)O)n(CC#CC(=O)OC)c2ccc1=O. The number of carbonyl (C=O) groups excluding carboxylic acids is 2. The fourth-order valence-electron chi connectivity index (χ4n) is 2.42. The number of hydrogen-bond donors (Lipinski definition) is 1. The third-order valence-electron chi connectivity index (χ3n) is 3.81. The van der Waals surface area contributed by atoms with Gasteiger partial charge in [0.2, 0.25) is 5.43 Å². The average Bonchev–Trinajstić information content (AvgIpc) is 2.91. The Morgan fingerprint density at radius 2 is 1.61 bits per heavy atom. The Morgan fingerprint density at radius 1 is 0.968 bits per heavy atom. The lowest BCUT2D eigenvalue weighted by atomic mass is 10.2. The molecular weight excluding hydrogens is 410 g/mol. The number of hydrogen-bond acceptors (Lipinski definition) is 8. The molecule has 10 heteroatoms. The molecule has 0 bridgehead atoms. The molecule has 1 heterocycles. The minimum absolute atomic E-state index is 0.0251. The fraction of sp³-hybridized carbons (Fsp3) is 0.190. The molecule has 0 radical (unpaired) electrons. The third-order valence-corrected chi connectivity index (χ3v) is 3.81. The molecule has 0 spiro atoms. The van der Waals surface area contributed by atoms with Crippen molar-refractivity contribution < 1.29 is 33.7 Å². The van der Waals surface area contributed by atoms with Crippen LogP contribution >= 0.6 is 0 Å². The van der Waals surface area contributed by atoms with Gasteiger partial charge in [-0.15, -0.1) is 0 Å². The number of rotatable bonds is 4. The fourth-order valence-corrected chi connectivity index (χ4v) is 2.42. The molecule has 1 aromatic carbocycles. The normalized spacial score (nSPS) is 9.48. The van der Waals surface area contributed by atoms with Crippen LogP contribution in [0.4, 0.5) is 0 Å². The Morgan fingerprint density at radius 3 is 2.23 bits per heavy atom. The van der Waals surface area contributed by atoms with E-state index in [2.05, 4.69) is 33.2 Å². The lowest BCUT2D eigenvalue weighted by molar-refractivity contribution is -0.134. The van der Waals surface area contributed by atoms with E-state index < -0.39 is 28.8 Å². The van der Waals surface area contributed by atoms with Crippen LogP contribution in [0.1, 0.15) is 10.5 Å². The third kappa shape index (κ3) is 5.71. The van der Waals surface area contributed by atoms with Crippen molar-refractivity contribution in [2.75, 3.05) is 20.8 Å². The molecule has 1 N–H and O–H groups in total. The second-order valence-corrected chi connectivity index (χ2v) is 5.67. The van der Waals surface area contributed by atoms with Crippen LogP contribution in [0, 0.1) is 23.7 Å². The summed E-state index contributed by atoms with van der Waals surface area (Å²) in [7, 11) is 2.30. The van der Waals surface area contributed by atoms with E-state index in [9.17, 15) is 29.1 Å². The standard InChI is InChI=1S/C21H15NO9/c1-29-19(25)5-3-9-22-14-7-8-16(23)18(31-10-4-6-20(26)30-2)11-13(14)17(24)12-15(22)21(27)28/h7-8,11-12H,9-10H2,1-2H3,(H,27,28). The van der Waals surface area contributed by atoms with Gasteiger partial charge in [-0.25, -0.2) is 14.4 Å². The lowest BCUT2D eigenvalue weighted by Gasteiger charge is -2.10. The zero-order chi connectivity index (χ0) is 23.0. The molecule has 0 aliphatic heterocycles. The molecule has 0 atom stereocenters. The summed E-state index contributed by atoms with van der Waals surface area (Å²) in [5, 5.41) is 9.42. The number of carboxylic acid groups (broad SMARTS) is 1. The number of aromatic carboxylic acids is 1. The summed E-state index contributed by atoms with van der Waals surface area (Å²) in [6.07, 6.45) is 0. The molecule has 158 valence electrons. The van der Waals surface area contributed by atoms with E-state index >= 15 is 0 Å². The van der Waals surface area contributed by atoms with Gasteiger partial charge < -0.3 is 23.9 Å². The Balaban J connectivity index is 2.62. The van der Waals surface area contributed by atoms with Crippen LogP contribution in [0.5, 0.6) is 5.75 Å². The molecule has 1 aromatic heterocycles. The first-order valence-electron chi connectivity index (χ1n) is 8.50. The smallest absolute Gasteiger partial charge is 0.384 e. The van der Waals surface area contributed by atoms with Crippen LogP contribution in [0.3, 0.4) is 0 Å². The van der Waals surface area contributed by atoms with E-state index in [-0.39, 0.29) is 35.5 Å². The second kappa shape index (κ2) is 10.3. The van der Waals surface area contributed by atoms with Crippen LogP contribution in [0.2, 0.25) is 0 Å². The highest BCUT2D eigenvalue weighted by atomic mass is 16.5. The molecule has 0 amide bonds. The molecule has 2 rings (SSSR count). The monoisotopic (exact) mass is 425 g/mol. The first kappa shape index (κ1) is 22.7. The van der Waals surface area contributed by atoms with Crippen LogP contribution in [-0.4, -0.2) is 48.4 Å². The summed E-state index contributed by atoms with van der Waals surface area (Å²) >= 11 is 0. The number of fused-ring (bicyclic) bond motifs is 1. The van der Waals surface area contributed by atoms with E-state index in [4.69, 9.17) is 4.74 Å². The number of carboxylic acids is 1.